The van der Waals surface area contributed by atoms with E-state index in [1.54, 1.807) is 13.8 Å². The van der Waals surface area contributed by atoms with Crippen molar-refractivity contribution in [3.05, 3.63) is 59.9 Å². The van der Waals surface area contributed by atoms with Gasteiger partial charge in [0, 0.05) is 36.0 Å². The molecule has 0 aliphatic carbocycles. The lowest BCUT2D eigenvalue weighted by Gasteiger charge is -2.35. The van der Waals surface area contributed by atoms with Crippen molar-refractivity contribution in [2.75, 3.05) is 26.0 Å². The fourth-order valence-corrected chi connectivity index (χ4v) is 9.04. The molecular weight excluding hydrogens is 512 g/mol. The van der Waals surface area contributed by atoms with Crippen molar-refractivity contribution < 1.29 is 9.59 Å². The van der Waals surface area contributed by atoms with E-state index in [9.17, 15) is 9.59 Å². The molecule has 220 valence electrons. The highest BCUT2D eigenvalue weighted by Gasteiger charge is 2.58. The van der Waals surface area contributed by atoms with Gasteiger partial charge in [-0.2, -0.15) is 0 Å². The van der Waals surface area contributed by atoms with Crippen LogP contribution in [0.2, 0.25) is 0 Å². The van der Waals surface area contributed by atoms with Crippen LogP contribution in [-0.4, -0.2) is 83.5 Å². The van der Waals surface area contributed by atoms with E-state index in [4.69, 9.17) is 0 Å². The van der Waals surface area contributed by atoms with E-state index in [1.165, 1.54) is 18.4 Å². The van der Waals surface area contributed by atoms with Gasteiger partial charge in [-0.25, -0.2) is 0 Å². The first-order valence-corrected chi connectivity index (χ1v) is 15.4. The highest BCUT2D eigenvalue weighted by atomic mass is 16.1. The van der Waals surface area contributed by atoms with Crippen LogP contribution in [0, 0.1) is 17.8 Å². The molecular formula is C33H46N6O2. The third-order valence-electron chi connectivity index (χ3n) is 10.5. The number of pyridine rings is 1. The van der Waals surface area contributed by atoms with Gasteiger partial charge in [0.05, 0.1) is 35.8 Å². The number of benzene rings is 1. The Morgan fingerprint density at radius 3 is 2.32 bits per heavy atom. The van der Waals surface area contributed by atoms with E-state index in [2.05, 4.69) is 69.8 Å². The number of aromatic nitrogens is 1. The molecule has 10 unspecified atom stereocenters. The summed E-state index contributed by atoms with van der Waals surface area (Å²) in [5, 5.41) is 11.0. The molecule has 5 aliphatic rings. The number of likely N-dealkylation sites (tertiary alicyclic amines) is 2. The van der Waals surface area contributed by atoms with Crippen LogP contribution in [0.1, 0.15) is 63.6 Å². The minimum Gasteiger partial charge on any atom is -0.367 e. The van der Waals surface area contributed by atoms with Crippen LogP contribution in [-0.2, 0) is 9.59 Å². The quantitative estimate of drug-likeness (QED) is 0.526. The Balaban J connectivity index is 0.000000149. The highest BCUT2D eigenvalue weighted by Crippen LogP contribution is 2.52. The zero-order chi connectivity index (χ0) is 29.0. The summed E-state index contributed by atoms with van der Waals surface area (Å²) in [5.74, 6) is 2.48. The molecule has 8 heteroatoms. The van der Waals surface area contributed by atoms with Gasteiger partial charge < -0.3 is 10.6 Å². The average molecular weight is 559 g/mol. The zero-order valence-electron chi connectivity index (χ0n) is 25.2. The molecule has 0 amide bonds. The standard InChI is InChI=1S/C18H19N3O.C15H27N3O/c1-11(22)17-14(12-7-4-3-5-8-12)15-16-13(9-6-10-19-16)20-18(15)21(17)2;1-8(2)11-12-13-10(6-5-7-16-13)17-15(12)18(4)14(11)9(3)19/h3-10,14-15,17-18,20H,1-2H3;8,10-17H,5-7H2,1-4H3. The molecule has 5 aliphatic heterocycles. The molecule has 7 rings (SSSR count). The largest absolute Gasteiger partial charge is 0.367 e. The number of hydrogen-bond donors (Lipinski definition) is 3. The molecule has 6 heterocycles. The topological polar surface area (TPSA) is 89.6 Å². The molecule has 3 N–H and O–H groups in total. The fraction of sp³-hybridized carbons (Fsp3) is 0.606. The first-order chi connectivity index (χ1) is 19.7. The number of anilines is 1. The smallest absolute Gasteiger partial charge is 0.147 e. The summed E-state index contributed by atoms with van der Waals surface area (Å²) in [4.78, 5) is 33.4. The number of nitrogens with zero attached hydrogens (tertiary/aromatic N) is 3. The number of rotatable bonds is 4. The number of carbonyl (C=O) groups excluding carboxylic acids is 2. The number of fused-ring (bicyclic) bond motifs is 6. The van der Waals surface area contributed by atoms with Crippen LogP contribution in [0.3, 0.4) is 0 Å². The molecule has 10 atom stereocenters. The number of ketones is 2. The minimum atomic E-state index is -0.111. The number of hydrogen-bond acceptors (Lipinski definition) is 8. The third kappa shape index (κ3) is 4.73. The summed E-state index contributed by atoms with van der Waals surface area (Å²) < 4.78 is 0. The summed E-state index contributed by atoms with van der Waals surface area (Å²) in [6, 6.07) is 15.5. The number of likely N-dealkylation sites (N-methyl/N-ethyl adjacent to an activating group) is 2. The van der Waals surface area contributed by atoms with Gasteiger partial charge in [0.2, 0.25) is 0 Å². The first kappa shape index (κ1) is 28.5. The van der Waals surface area contributed by atoms with Gasteiger partial charge in [0.1, 0.15) is 11.6 Å². The van der Waals surface area contributed by atoms with Crippen LogP contribution in [0.15, 0.2) is 48.7 Å². The minimum absolute atomic E-state index is 0.0900. The average Bonchev–Trinajstić information content (AvgIpc) is 3.67. The number of Topliss-reactive ketones (excluding diaryl/α,β-unsaturated/α-hetero) is 2. The molecule has 1 aromatic carbocycles. The molecule has 1 aromatic heterocycles. The van der Waals surface area contributed by atoms with E-state index < -0.39 is 0 Å². The Labute approximate surface area is 244 Å². The van der Waals surface area contributed by atoms with Crippen LogP contribution in [0.5, 0.6) is 0 Å². The van der Waals surface area contributed by atoms with Gasteiger partial charge in [-0.1, -0.05) is 44.2 Å². The van der Waals surface area contributed by atoms with Crippen molar-refractivity contribution in [2.45, 2.75) is 88.9 Å². The molecule has 0 radical (unpaired) electrons. The second kappa shape index (κ2) is 11.2. The lowest BCUT2D eigenvalue weighted by atomic mass is 9.75. The van der Waals surface area contributed by atoms with Crippen molar-refractivity contribution in [3.63, 3.8) is 0 Å². The van der Waals surface area contributed by atoms with Gasteiger partial charge in [-0.3, -0.25) is 29.7 Å². The third-order valence-corrected chi connectivity index (χ3v) is 10.5. The second-order valence-electron chi connectivity index (χ2n) is 13.2. The highest BCUT2D eigenvalue weighted by molar-refractivity contribution is 5.84. The molecule has 0 spiro atoms. The SMILES string of the molecule is CC(=O)C1C(C(C)C)C2C3NCCCC3NC2N1C.CC(=O)C1C(c2ccccc2)C2c3ncccc3NC2N1C. The molecule has 0 bridgehead atoms. The van der Waals surface area contributed by atoms with Gasteiger partial charge in [-0.15, -0.1) is 0 Å². The predicted octanol–water partition coefficient (Wildman–Crippen LogP) is 3.43. The van der Waals surface area contributed by atoms with Crippen molar-refractivity contribution in [1.82, 2.24) is 25.4 Å². The lowest BCUT2D eigenvalue weighted by molar-refractivity contribution is -0.123. The van der Waals surface area contributed by atoms with Crippen LogP contribution >= 0.6 is 0 Å². The van der Waals surface area contributed by atoms with Crippen LogP contribution < -0.4 is 16.0 Å². The van der Waals surface area contributed by atoms with Crippen LogP contribution in [0.25, 0.3) is 0 Å². The Hall–Kier alpha value is -2.65. The predicted molar refractivity (Wildman–Crippen MR) is 162 cm³/mol. The molecule has 4 saturated heterocycles. The maximum atomic E-state index is 12.3. The molecule has 2 aromatic rings. The summed E-state index contributed by atoms with van der Waals surface area (Å²) in [6.07, 6.45) is 4.88. The summed E-state index contributed by atoms with van der Waals surface area (Å²) in [6.45, 7) is 9.12. The van der Waals surface area contributed by atoms with Crippen molar-refractivity contribution in [3.8, 4) is 0 Å². The van der Waals surface area contributed by atoms with E-state index in [-0.39, 0.29) is 35.9 Å². The summed E-state index contributed by atoms with van der Waals surface area (Å²) in [7, 11) is 4.15. The molecule has 41 heavy (non-hydrogen) atoms. The van der Waals surface area contributed by atoms with Crippen molar-refractivity contribution in [1.29, 1.82) is 0 Å². The molecule has 4 fully saturated rings. The van der Waals surface area contributed by atoms with Gasteiger partial charge in [0.15, 0.2) is 0 Å². The first-order valence-electron chi connectivity index (χ1n) is 15.4. The fourth-order valence-electron chi connectivity index (χ4n) is 9.04. The zero-order valence-corrected chi connectivity index (χ0v) is 25.2. The van der Waals surface area contributed by atoms with E-state index in [1.807, 2.05) is 37.5 Å². The summed E-state index contributed by atoms with van der Waals surface area (Å²) in [5.41, 5.74) is 3.38. The summed E-state index contributed by atoms with van der Waals surface area (Å²) >= 11 is 0. The second-order valence-corrected chi connectivity index (χ2v) is 13.2. The van der Waals surface area contributed by atoms with E-state index >= 15 is 0 Å². The maximum Gasteiger partial charge on any atom is 0.147 e. The number of piperidine rings is 1. The Morgan fingerprint density at radius 2 is 1.63 bits per heavy atom. The van der Waals surface area contributed by atoms with E-state index in [0.717, 1.165) is 17.9 Å². The van der Waals surface area contributed by atoms with Crippen LogP contribution in [0.4, 0.5) is 5.69 Å². The number of carbonyl (C=O) groups is 2. The Morgan fingerprint density at radius 1 is 0.927 bits per heavy atom. The van der Waals surface area contributed by atoms with Crippen molar-refractivity contribution >= 4 is 17.3 Å². The monoisotopic (exact) mass is 558 g/mol. The number of nitrogens with one attached hydrogen (secondary N) is 3. The molecule has 0 saturated carbocycles. The van der Waals surface area contributed by atoms with Gasteiger partial charge in [0.25, 0.3) is 0 Å². The van der Waals surface area contributed by atoms with Gasteiger partial charge >= 0.3 is 0 Å². The maximum absolute atomic E-state index is 12.3. The van der Waals surface area contributed by atoms with Gasteiger partial charge in [-0.05, 0) is 76.9 Å². The van der Waals surface area contributed by atoms with E-state index in [0.29, 0.717) is 41.8 Å². The molecule has 8 nitrogen and oxygen atoms in total. The Kier molecular flexibility index (Phi) is 7.78. The Bertz CT molecular complexity index is 1270. The normalized spacial score (nSPS) is 37.4. The van der Waals surface area contributed by atoms with Crippen molar-refractivity contribution in [2.24, 2.45) is 17.8 Å². The lowest BCUT2D eigenvalue weighted by Crippen LogP contribution is -2.52.